The molecule has 1 N–H and O–H groups in total. The van der Waals surface area contributed by atoms with Crippen molar-refractivity contribution in [2.75, 3.05) is 39.4 Å². The summed E-state index contributed by atoms with van der Waals surface area (Å²) in [6.07, 6.45) is 1.16. The molecule has 2 aromatic carbocycles. The molecule has 1 aliphatic heterocycles. The lowest BCUT2D eigenvalue weighted by atomic mass is 10.2. The van der Waals surface area contributed by atoms with Crippen LogP contribution in [0.1, 0.15) is 17.5 Å². The highest BCUT2D eigenvalue weighted by Gasteiger charge is 2.09. The standard InChI is InChI=1S/C21H26BrClN2O2/c22-20-14-18(15-24-8-1-9-25-10-12-26-13-11-25)4-7-21(20)27-16-17-2-5-19(23)6-3-17/h2-7,14,24H,1,8-13,15-16H2. The van der Waals surface area contributed by atoms with Gasteiger partial charge in [0.05, 0.1) is 17.7 Å². The van der Waals surface area contributed by atoms with Crippen LogP contribution in [-0.2, 0) is 17.9 Å². The third-order valence-electron chi connectivity index (χ3n) is 4.56. The third-order valence-corrected chi connectivity index (χ3v) is 5.44. The summed E-state index contributed by atoms with van der Waals surface area (Å²) in [5.74, 6) is 0.848. The van der Waals surface area contributed by atoms with Crippen molar-refractivity contribution < 1.29 is 9.47 Å². The fourth-order valence-electron chi connectivity index (χ4n) is 3.00. The predicted molar refractivity (Wildman–Crippen MR) is 114 cm³/mol. The summed E-state index contributed by atoms with van der Waals surface area (Å²) in [5.41, 5.74) is 2.34. The summed E-state index contributed by atoms with van der Waals surface area (Å²) in [6.45, 7) is 7.39. The van der Waals surface area contributed by atoms with Crippen molar-refractivity contribution in [3.8, 4) is 5.75 Å². The lowest BCUT2D eigenvalue weighted by Gasteiger charge is -2.26. The monoisotopic (exact) mass is 452 g/mol. The first kappa shape index (κ1) is 20.6. The van der Waals surface area contributed by atoms with Gasteiger partial charge in [-0.15, -0.1) is 0 Å². The summed E-state index contributed by atoms with van der Waals surface area (Å²) in [4.78, 5) is 2.47. The molecule has 1 heterocycles. The second-order valence-corrected chi connectivity index (χ2v) is 7.96. The number of nitrogens with zero attached hydrogens (tertiary/aromatic N) is 1. The maximum Gasteiger partial charge on any atom is 0.134 e. The third kappa shape index (κ3) is 7.09. The molecule has 1 saturated heterocycles. The molecule has 2 aromatic rings. The van der Waals surface area contributed by atoms with Gasteiger partial charge in [0, 0.05) is 24.7 Å². The highest BCUT2D eigenvalue weighted by atomic mass is 79.9. The molecule has 0 atom stereocenters. The van der Waals surface area contributed by atoms with E-state index in [2.05, 4.69) is 38.3 Å². The highest BCUT2D eigenvalue weighted by molar-refractivity contribution is 9.10. The van der Waals surface area contributed by atoms with Gasteiger partial charge in [-0.1, -0.05) is 29.8 Å². The molecule has 27 heavy (non-hydrogen) atoms. The maximum absolute atomic E-state index is 5.91. The van der Waals surface area contributed by atoms with Gasteiger partial charge in [0.25, 0.3) is 0 Å². The van der Waals surface area contributed by atoms with E-state index < -0.39 is 0 Å². The van der Waals surface area contributed by atoms with E-state index >= 15 is 0 Å². The van der Waals surface area contributed by atoms with Crippen LogP contribution in [0.25, 0.3) is 0 Å². The smallest absolute Gasteiger partial charge is 0.134 e. The van der Waals surface area contributed by atoms with E-state index in [0.717, 1.165) is 73.2 Å². The Hall–Kier alpha value is -1.11. The van der Waals surface area contributed by atoms with Gasteiger partial charge in [-0.2, -0.15) is 0 Å². The van der Waals surface area contributed by atoms with Crippen LogP contribution in [0.3, 0.4) is 0 Å². The lowest BCUT2D eigenvalue weighted by molar-refractivity contribution is 0.0374. The summed E-state index contributed by atoms with van der Waals surface area (Å²) < 4.78 is 12.3. The van der Waals surface area contributed by atoms with E-state index in [-0.39, 0.29) is 0 Å². The average molecular weight is 454 g/mol. The van der Waals surface area contributed by atoms with E-state index in [1.54, 1.807) is 0 Å². The van der Waals surface area contributed by atoms with Crippen LogP contribution in [0.4, 0.5) is 0 Å². The zero-order valence-electron chi connectivity index (χ0n) is 15.4. The molecule has 1 fully saturated rings. The van der Waals surface area contributed by atoms with Crippen molar-refractivity contribution in [1.82, 2.24) is 10.2 Å². The molecule has 0 unspecified atom stereocenters. The molecule has 0 amide bonds. The predicted octanol–water partition coefficient (Wildman–Crippen LogP) is 4.49. The zero-order chi connectivity index (χ0) is 18.9. The van der Waals surface area contributed by atoms with Gasteiger partial charge in [-0.05, 0) is 70.8 Å². The lowest BCUT2D eigenvalue weighted by Crippen LogP contribution is -2.37. The first-order valence-electron chi connectivity index (χ1n) is 9.37. The van der Waals surface area contributed by atoms with Crippen LogP contribution in [0.15, 0.2) is 46.9 Å². The van der Waals surface area contributed by atoms with Gasteiger partial charge in [-0.3, -0.25) is 4.90 Å². The maximum atomic E-state index is 5.91. The van der Waals surface area contributed by atoms with E-state index in [4.69, 9.17) is 21.1 Å². The summed E-state index contributed by atoms with van der Waals surface area (Å²) >= 11 is 9.53. The molecule has 146 valence electrons. The van der Waals surface area contributed by atoms with Crippen molar-refractivity contribution in [2.45, 2.75) is 19.6 Å². The molecule has 0 aliphatic carbocycles. The van der Waals surface area contributed by atoms with Crippen LogP contribution < -0.4 is 10.1 Å². The first-order chi connectivity index (χ1) is 13.2. The van der Waals surface area contributed by atoms with Crippen LogP contribution >= 0.6 is 27.5 Å². The topological polar surface area (TPSA) is 33.7 Å². The molecule has 3 rings (SSSR count). The first-order valence-corrected chi connectivity index (χ1v) is 10.5. The van der Waals surface area contributed by atoms with Crippen LogP contribution in [-0.4, -0.2) is 44.3 Å². The van der Waals surface area contributed by atoms with Gasteiger partial charge in [0.1, 0.15) is 12.4 Å². The molecular weight excluding hydrogens is 428 g/mol. The summed E-state index contributed by atoms with van der Waals surface area (Å²) in [6, 6.07) is 14.0. The Morgan fingerprint density at radius 1 is 1.07 bits per heavy atom. The Balaban J connectivity index is 1.37. The van der Waals surface area contributed by atoms with Crippen molar-refractivity contribution in [1.29, 1.82) is 0 Å². The minimum atomic E-state index is 0.523. The number of hydrogen-bond acceptors (Lipinski definition) is 4. The molecule has 0 bridgehead atoms. The Labute approximate surface area is 174 Å². The summed E-state index contributed by atoms with van der Waals surface area (Å²) in [7, 11) is 0. The average Bonchev–Trinajstić information content (AvgIpc) is 2.69. The minimum Gasteiger partial charge on any atom is -0.488 e. The van der Waals surface area contributed by atoms with Crippen molar-refractivity contribution in [3.63, 3.8) is 0 Å². The van der Waals surface area contributed by atoms with E-state index in [9.17, 15) is 0 Å². The number of nitrogens with one attached hydrogen (secondary N) is 1. The molecule has 0 radical (unpaired) electrons. The quantitative estimate of drug-likeness (QED) is 0.567. The zero-order valence-corrected chi connectivity index (χ0v) is 17.8. The molecule has 4 nitrogen and oxygen atoms in total. The van der Waals surface area contributed by atoms with Crippen molar-refractivity contribution in [2.24, 2.45) is 0 Å². The van der Waals surface area contributed by atoms with Gasteiger partial charge >= 0.3 is 0 Å². The van der Waals surface area contributed by atoms with E-state index in [0.29, 0.717) is 6.61 Å². The van der Waals surface area contributed by atoms with Crippen LogP contribution in [0.5, 0.6) is 5.75 Å². The van der Waals surface area contributed by atoms with Gasteiger partial charge in [-0.25, -0.2) is 0 Å². The van der Waals surface area contributed by atoms with Crippen molar-refractivity contribution >= 4 is 27.5 Å². The van der Waals surface area contributed by atoms with Gasteiger partial charge < -0.3 is 14.8 Å². The Morgan fingerprint density at radius 2 is 1.81 bits per heavy atom. The second kappa shape index (κ2) is 11.0. The van der Waals surface area contributed by atoms with Gasteiger partial charge in [0.2, 0.25) is 0 Å². The van der Waals surface area contributed by atoms with Crippen LogP contribution in [0.2, 0.25) is 5.02 Å². The number of hydrogen-bond donors (Lipinski definition) is 1. The molecule has 1 aliphatic rings. The second-order valence-electron chi connectivity index (χ2n) is 6.66. The number of halogens is 2. The number of ether oxygens (including phenoxy) is 2. The molecule has 6 heteroatoms. The largest absolute Gasteiger partial charge is 0.488 e. The fraction of sp³-hybridized carbons (Fsp3) is 0.429. The molecular formula is C21H26BrClN2O2. The van der Waals surface area contributed by atoms with E-state index in [1.807, 2.05) is 30.3 Å². The molecule has 0 spiro atoms. The van der Waals surface area contributed by atoms with Gasteiger partial charge in [0.15, 0.2) is 0 Å². The molecule has 0 aromatic heterocycles. The van der Waals surface area contributed by atoms with Crippen LogP contribution in [0, 0.1) is 0 Å². The number of benzene rings is 2. The number of rotatable bonds is 9. The minimum absolute atomic E-state index is 0.523. The highest BCUT2D eigenvalue weighted by Crippen LogP contribution is 2.27. The summed E-state index contributed by atoms with van der Waals surface area (Å²) in [5, 5.41) is 4.26. The Kier molecular flexibility index (Phi) is 8.42. The fourth-order valence-corrected chi connectivity index (χ4v) is 3.66. The number of morpholine rings is 1. The SMILES string of the molecule is Clc1ccc(COc2ccc(CNCCCN3CCOCC3)cc2Br)cc1. The van der Waals surface area contributed by atoms with E-state index in [1.165, 1.54) is 5.56 Å². The Morgan fingerprint density at radius 3 is 2.56 bits per heavy atom. The molecule has 0 saturated carbocycles. The normalized spacial score (nSPS) is 15.0. The van der Waals surface area contributed by atoms with Crippen molar-refractivity contribution in [3.05, 3.63) is 63.1 Å². The Bertz CT molecular complexity index is 706.